The predicted octanol–water partition coefficient (Wildman–Crippen LogP) is 1.23. The molecule has 24 heavy (non-hydrogen) atoms. The van der Waals surface area contributed by atoms with Crippen LogP contribution >= 0.6 is 0 Å². The van der Waals surface area contributed by atoms with Gasteiger partial charge in [0, 0.05) is 6.04 Å². The van der Waals surface area contributed by atoms with Gasteiger partial charge < -0.3 is 10.2 Å². The van der Waals surface area contributed by atoms with Gasteiger partial charge in [-0.1, -0.05) is 25.1 Å². The monoisotopic (exact) mass is 353 g/mol. The number of carbonyl (C=O) groups is 1. The van der Waals surface area contributed by atoms with Gasteiger partial charge in [0.15, 0.2) is 0 Å². The van der Waals surface area contributed by atoms with Crippen LogP contribution in [0.15, 0.2) is 24.3 Å². The summed E-state index contributed by atoms with van der Waals surface area (Å²) in [6, 6.07) is 7.44. The Bertz CT molecular complexity index is 667. The van der Waals surface area contributed by atoms with E-state index < -0.39 is 10.0 Å². The van der Waals surface area contributed by atoms with Crippen LogP contribution in [0.25, 0.3) is 0 Å². The Balaban J connectivity index is 2.11. The number of hydrogen-bond acceptors (Lipinski definition) is 4. The number of para-hydroxylation sites is 1. The lowest BCUT2D eigenvalue weighted by atomic mass is 10.1. The molecule has 0 spiro atoms. The molecule has 0 radical (unpaired) electrons. The van der Waals surface area contributed by atoms with E-state index in [4.69, 9.17) is 0 Å². The first-order valence-electron chi connectivity index (χ1n) is 8.34. The number of likely N-dealkylation sites (tertiary alicyclic amines) is 1. The summed E-state index contributed by atoms with van der Waals surface area (Å²) in [4.78, 5) is 14.6. The Hall–Kier alpha value is -1.60. The molecule has 1 aromatic rings. The molecular formula is C17H27N3O3S. The van der Waals surface area contributed by atoms with Crippen molar-refractivity contribution in [3.63, 3.8) is 0 Å². The van der Waals surface area contributed by atoms with E-state index in [1.54, 1.807) is 12.1 Å². The minimum absolute atomic E-state index is 0.122. The molecule has 6 nitrogen and oxygen atoms in total. The van der Waals surface area contributed by atoms with Crippen LogP contribution in [0.5, 0.6) is 0 Å². The van der Waals surface area contributed by atoms with Crippen molar-refractivity contribution in [2.24, 2.45) is 0 Å². The molecule has 1 amide bonds. The van der Waals surface area contributed by atoms with Gasteiger partial charge in [0.1, 0.15) is 6.54 Å². The molecular weight excluding hydrogens is 326 g/mol. The minimum atomic E-state index is -3.53. The van der Waals surface area contributed by atoms with Gasteiger partial charge in [-0.2, -0.15) is 0 Å². The highest BCUT2D eigenvalue weighted by Crippen LogP contribution is 2.23. The van der Waals surface area contributed by atoms with E-state index in [-0.39, 0.29) is 18.5 Å². The molecule has 0 aromatic heterocycles. The van der Waals surface area contributed by atoms with Crippen LogP contribution in [0.3, 0.4) is 0 Å². The van der Waals surface area contributed by atoms with Crippen LogP contribution in [-0.2, 0) is 21.2 Å². The number of rotatable bonds is 6. The fraction of sp³-hybridized carbons (Fsp3) is 0.588. The van der Waals surface area contributed by atoms with Crippen molar-refractivity contribution in [2.75, 3.05) is 37.2 Å². The zero-order chi connectivity index (χ0) is 17.7. The van der Waals surface area contributed by atoms with Gasteiger partial charge in [-0.05, 0) is 51.0 Å². The first-order chi connectivity index (χ1) is 11.3. The molecule has 1 N–H and O–H groups in total. The number of sulfonamides is 1. The van der Waals surface area contributed by atoms with Crippen LogP contribution in [0, 0.1) is 0 Å². The number of amides is 1. The summed E-state index contributed by atoms with van der Waals surface area (Å²) >= 11 is 0. The SMILES string of the molecule is CCc1ccccc1N(CC(=O)NC1CCN(C)CC1)S(C)(=O)=O. The maximum absolute atomic E-state index is 12.4. The van der Waals surface area contributed by atoms with Crippen LogP contribution in [-0.4, -0.2) is 58.2 Å². The maximum Gasteiger partial charge on any atom is 0.240 e. The third-order valence-corrected chi connectivity index (χ3v) is 5.54. The van der Waals surface area contributed by atoms with Crippen LogP contribution in [0.2, 0.25) is 0 Å². The molecule has 1 saturated heterocycles. The maximum atomic E-state index is 12.4. The first-order valence-corrected chi connectivity index (χ1v) is 10.2. The molecule has 1 aliphatic heterocycles. The number of anilines is 1. The number of hydrogen-bond donors (Lipinski definition) is 1. The molecule has 0 aliphatic carbocycles. The quantitative estimate of drug-likeness (QED) is 0.835. The van der Waals surface area contributed by atoms with Gasteiger partial charge in [-0.3, -0.25) is 9.10 Å². The number of aryl methyl sites for hydroxylation is 1. The topological polar surface area (TPSA) is 69.7 Å². The average Bonchev–Trinajstić information content (AvgIpc) is 2.54. The van der Waals surface area contributed by atoms with E-state index >= 15 is 0 Å². The molecule has 0 bridgehead atoms. The van der Waals surface area contributed by atoms with Gasteiger partial charge >= 0.3 is 0 Å². The third-order valence-electron chi connectivity index (χ3n) is 4.41. The number of nitrogens with one attached hydrogen (secondary N) is 1. The summed E-state index contributed by atoms with van der Waals surface area (Å²) < 4.78 is 25.6. The van der Waals surface area contributed by atoms with Crippen LogP contribution in [0.1, 0.15) is 25.3 Å². The zero-order valence-electron chi connectivity index (χ0n) is 14.7. The van der Waals surface area contributed by atoms with Crippen molar-refractivity contribution in [2.45, 2.75) is 32.2 Å². The van der Waals surface area contributed by atoms with Gasteiger partial charge in [0.25, 0.3) is 0 Å². The van der Waals surface area contributed by atoms with Crippen molar-refractivity contribution >= 4 is 21.6 Å². The Kier molecular flexibility index (Phi) is 6.23. The molecule has 1 fully saturated rings. The molecule has 0 atom stereocenters. The second-order valence-electron chi connectivity index (χ2n) is 6.40. The molecule has 0 unspecified atom stereocenters. The van der Waals surface area contributed by atoms with Crippen LogP contribution in [0.4, 0.5) is 5.69 Å². The molecule has 1 heterocycles. The summed E-state index contributed by atoms with van der Waals surface area (Å²) in [7, 11) is -1.47. The highest BCUT2D eigenvalue weighted by Gasteiger charge is 2.25. The highest BCUT2D eigenvalue weighted by atomic mass is 32.2. The molecule has 1 aromatic carbocycles. The second kappa shape index (κ2) is 7.98. The average molecular weight is 353 g/mol. The standard InChI is InChI=1S/C17H27N3O3S/c1-4-14-7-5-6-8-16(14)20(24(3,22)23)13-17(21)18-15-9-11-19(2)12-10-15/h5-8,15H,4,9-13H2,1-3H3,(H,18,21). The number of benzene rings is 1. The fourth-order valence-corrected chi connectivity index (χ4v) is 3.88. The summed E-state index contributed by atoms with van der Waals surface area (Å²) in [6.07, 6.45) is 3.64. The summed E-state index contributed by atoms with van der Waals surface area (Å²) in [5, 5.41) is 2.98. The van der Waals surface area contributed by atoms with Gasteiger partial charge in [-0.15, -0.1) is 0 Å². The summed E-state index contributed by atoms with van der Waals surface area (Å²) in [6.45, 7) is 3.68. The molecule has 134 valence electrons. The van der Waals surface area contributed by atoms with E-state index in [9.17, 15) is 13.2 Å². The van der Waals surface area contributed by atoms with Gasteiger partial charge in [-0.25, -0.2) is 8.42 Å². The molecule has 1 aliphatic rings. The van der Waals surface area contributed by atoms with E-state index in [1.807, 2.05) is 19.1 Å². The molecule has 0 saturated carbocycles. The van der Waals surface area contributed by atoms with Gasteiger partial charge in [0.05, 0.1) is 11.9 Å². The van der Waals surface area contributed by atoms with Gasteiger partial charge in [0.2, 0.25) is 15.9 Å². The predicted molar refractivity (Wildman–Crippen MR) is 96.7 cm³/mol. The van der Waals surface area contributed by atoms with E-state index in [2.05, 4.69) is 17.3 Å². The Morgan fingerprint density at radius 2 is 1.92 bits per heavy atom. The summed E-state index contributed by atoms with van der Waals surface area (Å²) in [5.74, 6) is -0.249. The zero-order valence-corrected chi connectivity index (χ0v) is 15.5. The van der Waals surface area contributed by atoms with Crippen molar-refractivity contribution in [1.29, 1.82) is 0 Å². The largest absolute Gasteiger partial charge is 0.352 e. The lowest BCUT2D eigenvalue weighted by molar-refractivity contribution is -0.120. The molecule has 7 heteroatoms. The first kappa shape index (κ1) is 18.7. The summed E-state index contributed by atoms with van der Waals surface area (Å²) in [5.41, 5.74) is 1.50. The number of piperidine rings is 1. The van der Waals surface area contributed by atoms with Crippen molar-refractivity contribution in [1.82, 2.24) is 10.2 Å². The number of nitrogens with zero attached hydrogens (tertiary/aromatic N) is 2. The Morgan fingerprint density at radius 1 is 1.29 bits per heavy atom. The fourth-order valence-electron chi connectivity index (χ4n) is 2.99. The second-order valence-corrected chi connectivity index (χ2v) is 8.30. The minimum Gasteiger partial charge on any atom is -0.352 e. The Morgan fingerprint density at radius 3 is 2.50 bits per heavy atom. The smallest absolute Gasteiger partial charge is 0.240 e. The lowest BCUT2D eigenvalue weighted by Crippen LogP contribution is -2.47. The van der Waals surface area contributed by atoms with Crippen molar-refractivity contribution in [3.8, 4) is 0 Å². The number of carbonyl (C=O) groups excluding carboxylic acids is 1. The van der Waals surface area contributed by atoms with Crippen molar-refractivity contribution < 1.29 is 13.2 Å². The van der Waals surface area contributed by atoms with E-state index in [0.717, 1.165) is 37.8 Å². The van der Waals surface area contributed by atoms with E-state index in [1.165, 1.54) is 4.31 Å². The van der Waals surface area contributed by atoms with Crippen molar-refractivity contribution in [3.05, 3.63) is 29.8 Å². The highest BCUT2D eigenvalue weighted by molar-refractivity contribution is 7.92. The van der Waals surface area contributed by atoms with E-state index in [0.29, 0.717) is 12.1 Å². The normalized spacial score (nSPS) is 16.8. The third kappa shape index (κ3) is 4.95. The van der Waals surface area contributed by atoms with Crippen LogP contribution < -0.4 is 9.62 Å². The Labute approximate surface area is 144 Å². The lowest BCUT2D eigenvalue weighted by Gasteiger charge is -2.30. The molecule has 2 rings (SSSR count).